The third kappa shape index (κ3) is 2.53. The molecule has 1 rings (SSSR count). The molecular weight excluding hydrogens is 195 g/mol. The molecule has 0 atom stereocenters. The Bertz CT molecular complexity index is 421. The van der Waals surface area contributed by atoms with Crippen molar-refractivity contribution in [2.24, 2.45) is 0 Å². The van der Waals surface area contributed by atoms with Crippen LogP contribution in [-0.4, -0.2) is 19.9 Å². The van der Waals surface area contributed by atoms with Crippen LogP contribution >= 0.6 is 0 Å². The van der Waals surface area contributed by atoms with Gasteiger partial charge in [-0.3, -0.25) is 4.79 Å². The number of halogens is 1. The molecule has 15 heavy (non-hydrogen) atoms. The number of nitrogens with zero attached hydrogens (tertiary/aromatic N) is 2. The SMILES string of the molecule is CN(C)c1ccc(C(=O)CC#N)c(F)c1. The minimum Gasteiger partial charge on any atom is -0.378 e. The molecule has 0 amide bonds. The molecule has 3 nitrogen and oxygen atoms in total. The molecular formula is C11H11FN2O. The smallest absolute Gasteiger partial charge is 0.179 e. The summed E-state index contributed by atoms with van der Waals surface area (Å²) >= 11 is 0. The second kappa shape index (κ2) is 4.56. The van der Waals surface area contributed by atoms with Gasteiger partial charge in [0.1, 0.15) is 5.82 Å². The zero-order valence-corrected chi connectivity index (χ0v) is 8.62. The molecule has 0 unspecified atom stereocenters. The molecule has 0 fully saturated rings. The van der Waals surface area contributed by atoms with Gasteiger partial charge in [-0.1, -0.05) is 0 Å². The molecule has 0 saturated carbocycles. The molecule has 0 saturated heterocycles. The van der Waals surface area contributed by atoms with Gasteiger partial charge in [-0.05, 0) is 18.2 Å². The van der Waals surface area contributed by atoms with E-state index in [1.807, 2.05) is 0 Å². The number of anilines is 1. The van der Waals surface area contributed by atoms with Gasteiger partial charge in [-0.2, -0.15) is 5.26 Å². The molecule has 0 bridgehead atoms. The molecule has 0 aliphatic rings. The largest absolute Gasteiger partial charge is 0.378 e. The first-order valence-corrected chi connectivity index (χ1v) is 4.43. The molecule has 0 N–H and O–H groups in total. The standard InChI is InChI=1S/C11H11FN2O/c1-14(2)8-3-4-9(10(12)7-8)11(15)5-6-13/h3-4,7H,5H2,1-2H3. The van der Waals surface area contributed by atoms with Gasteiger partial charge in [0.15, 0.2) is 5.78 Å². The van der Waals surface area contributed by atoms with E-state index < -0.39 is 11.6 Å². The van der Waals surface area contributed by atoms with E-state index in [0.29, 0.717) is 5.69 Å². The summed E-state index contributed by atoms with van der Waals surface area (Å²) in [5.74, 6) is -1.07. The van der Waals surface area contributed by atoms with Gasteiger partial charge < -0.3 is 4.90 Å². The molecule has 1 aromatic rings. The summed E-state index contributed by atoms with van der Waals surface area (Å²) in [6.07, 6.45) is -0.293. The van der Waals surface area contributed by atoms with Crippen molar-refractivity contribution in [3.63, 3.8) is 0 Å². The molecule has 4 heteroatoms. The maximum Gasteiger partial charge on any atom is 0.179 e. The van der Waals surface area contributed by atoms with Crippen molar-refractivity contribution < 1.29 is 9.18 Å². The Kier molecular flexibility index (Phi) is 3.40. The fourth-order valence-electron chi connectivity index (χ4n) is 1.18. The zero-order chi connectivity index (χ0) is 11.4. The summed E-state index contributed by atoms with van der Waals surface area (Å²) < 4.78 is 13.4. The molecule has 1 aromatic carbocycles. The first-order chi connectivity index (χ1) is 7.06. The summed E-state index contributed by atoms with van der Waals surface area (Å²) in [5.41, 5.74) is 0.656. The Morgan fingerprint density at radius 3 is 2.67 bits per heavy atom. The third-order valence-corrected chi connectivity index (χ3v) is 2.01. The number of hydrogen-bond donors (Lipinski definition) is 0. The number of nitriles is 1. The molecule has 0 aromatic heterocycles. The topological polar surface area (TPSA) is 44.1 Å². The Morgan fingerprint density at radius 2 is 2.20 bits per heavy atom. The summed E-state index contributed by atoms with van der Waals surface area (Å²) in [5, 5.41) is 8.33. The number of ketones is 1. The van der Waals surface area contributed by atoms with Crippen molar-refractivity contribution in [1.29, 1.82) is 5.26 Å². The Labute approximate surface area is 87.7 Å². The molecule has 78 valence electrons. The average Bonchev–Trinajstić information content (AvgIpc) is 2.17. The van der Waals surface area contributed by atoms with Crippen LogP contribution in [0.1, 0.15) is 16.8 Å². The monoisotopic (exact) mass is 206 g/mol. The molecule has 0 aliphatic carbocycles. The Morgan fingerprint density at radius 1 is 1.53 bits per heavy atom. The van der Waals surface area contributed by atoms with E-state index in [1.165, 1.54) is 12.1 Å². The predicted molar refractivity (Wildman–Crippen MR) is 55.3 cm³/mol. The highest BCUT2D eigenvalue weighted by Crippen LogP contribution is 2.17. The van der Waals surface area contributed by atoms with Crippen LogP contribution in [0.5, 0.6) is 0 Å². The minimum absolute atomic E-state index is 0.0258. The fourth-order valence-corrected chi connectivity index (χ4v) is 1.18. The third-order valence-electron chi connectivity index (χ3n) is 2.01. The van der Waals surface area contributed by atoms with Crippen LogP contribution in [0.15, 0.2) is 18.2 Å². The summed E-state index contributed by atoms with van der Waals surface area (Å²) in [6, 6.07) is 6.04. The Balaban J connectivity index is 3.04. The van der Waals surface area contributed by atoms with Crippen LogP contribution in [0.2, 0.25) is 0 Å². The highest BCUT2D eigenvalue weighted by molar-refractivity contribution is 5.97. The number of carbonyl (C=O) groups excluding carboxylic acids is 1. The van der Waals surface area contributed by atoms with E-state index in [0.717, 1.165) is 0 Å². The number of benzene rings is 1. The van der Waals surface area contributed by atoms with Crippen LogP contribution in [0.25, 0.3) is 0 Å². The lowest BCUT2D eigenvalue weighted by Crippen LogP contribution is -2.10. The van der Waals surface area contributed by atoms with Crippen molar-refractivity contribution in [3.8, 4) is 6.07 Å². The maximum atomic E-state index is 13.4. The first kappa shape index (κ1) is 11.2. The zero-order valence-electron chi connectivity index (χ0n) is 8.62. The number of rotatable bonds is 3. The van der Waals surface area contributed by atoms with Gasteiger partial charge in [0.05, 0.1) is 18.1 Å². The maximum absolute atomic E-state index is 13.4. The lowest BCUT2D eigenvalue weighted by molar-refractivity contribution is 0.0994. The van der Waals surface area contributed by atoms with E-state index in [2.05, 4.69) is 0 Å². The summed E-state index contributed by atoms with van der Waals surface area (Å²) in [6.45, 7) is 0. The van der Waals surface area contributed by atoms with Crippen LogP contribution in [0.3, 0.4) is 0 Å². The van der Waals surface area contributed by atoms with Gasteiger partial charge in [0.2, 0.25) is 0 Å². The van der Waals surface area contributed by atoms with Crippen molar-refractivity contribution in [1.82, 2.24) is 0 Å². The normalized spacial score (nSPS) is 9.47. The van der Waals surface area contributed by atoms with Gasteiger partial charge in [-0.25, -0.2) is 4.39 Å². The van der Waals surface area contributed by atoms with Gasteiger partial charge in [-0.15, -0.1) is 0 Å². The van der Waals surface area contributed by atoms with Gasteiger partial charge in [0, 0.05) is 19.8 Å². The molecule has 0 aliphatic heterocycles. The lowest BCUT2D eigenvalue weighted by atomic mass is 10.1. The lowest BCUT2D eigenvalue weighted by Gasteiger charge is -2.12. The highest BCUT2D eigenvalue weighted by atomic mass is 19.1. The van der Waals surface area contributed by atoms with E-state index >= 15 is 0 Å². The van der Waals surface area contributed by atoms with Crippen LogP contribution in [0, 0.1) is 17.1 Å². The van der Waals surface area contributed by atoms with Crippen molar-refractivity contribution in [2.45, 2.75) is 6.42 Å². The Hall–Kier alpha value is -1.89. The number of carbonyl (C=O) groups is 1. The highest BCUT2D eigenvalue weighted by Gasteiger charge is 2.11. The minimum atomic E-state index is -0.582. The summed E-state index contributed by atoms with van der Waals surface area (Å²) in [7, 11) is 3.57. The van der Waals surface area contributed by atoms with Crippen LogP contribution in [0.4, 0.5) is 10.1 Å². The van der Waals surface area contributed by atoms with E-state index in [1.54, 1.807) is 31.1 Å². The predicted octanol–water partition coefficient (Wildman–Crippen LogP) is 1.99. The van der Waals surface area contributed by atoms with Crippen molar-refractivity contribution in [3.05, 3.63) is 29.6 Å². The van der Waals surface area contributed by atoms with E-state index in [-0.39, 0.29) is 12.0 Å². The van der Waals surface area contributed by atoms with Crippen LogP contribution in [-0.2, 0) is 0 Å². The molecule has 0 spiro atoms. The van der Waals surface area contributed by atoms with Gasteiger partial charge in [0.25, 0.3) is 0 Å². The second-order valence-electron chi connectivity index (χ2n) is 3.32. The second-order valence-corrected chi connectivity index (χ2v) is 3.32. The number of hydrogen-bond acceptors (Lipinski definition) is 3. The van der Waals surface area contributed by atoms with Crippen molar-refractivity contribution in [2.75, 3.05) is 19.0 Å². The van der Waals surface area contributed by atoms with E-state index in [4.69, 9.17) is 5.26 Å². The van der Waals surface area contributed by atoms with Gasteiger partial charge >= 0.3 is 0 Å². The quantitative estimate of drug-likeness (QED) is 0.710. The summed E-state index contributed by atoms with van der Waals surface area (Å²) in [4.78, 5) is 13.0. The average molecular weight is 206 g/mol. The first-order valence-electron chi connectivity index (χ1n) is 4.43. The van der Waals surface area contributed by atoms with Crippen LogP contribution < -0.4 is 4.90 Å². The number of Topliss-reactive ketones (excluding diaryl/α,β-unsaturated/α-hetero) is 1. The molecule has 0 heterocycles. The fraction of sp³-hybridized carbons (Fsp3) is 0.273. The molecule has 0 radical (unpaired) electrons. The van der Waals surface area contributed by atoms with E-state index in [9.17, 15) is 9.18 Å². The van der Waals surface area contributed by atoms with Crippen molar-refractivity contribution >= 4 is 11.5 Å².